The van der Waals surface area contributed by atoms with Crippen LogP contribution in [0.1, 0.15) is 57.8 Å². The minimum absolute atomic E-state index is 0.242. The lowest BCUT2D eigenvalue weighted by Gasteiger charge is -2.20. The van der Waals surface area contributed by atoms with Gasteiger partial charge >= 0.3 is 0 Å². The lowest BCUT2D eigenvalue weighted by molar-refractivity contribution is -0.0221. The topological polar surface area (TPSA) is 60.2 Å². The highest BCUT2D eigenvalue weighted by Gasteiger charge is 2.42. The Morgan fingerprint density at radius 1 is 1.42 bits per heavy atom. The number of nitrogens with zero attached hydrogens (tertiary/aromatic N) is 2. The van der Waals surface area contributed by atoms with E-state index in [1.807, 2.05) is 20.8 Å². The van der Waals surface area contributed by atoms with Crippen LogP contribution < -0.4 is 5.32 Å². The third kappa shape index (κ3) is 2.30. The molecule has 1 aliphatic carbocycles. The maximum Gasteiger partial charge on any atom is 0.244 e. The van der Waals surface area contributed by atoms with E-state index in [1.54, 1.807) is 0 Å². The molecule has 3 atom stereocenters. The minimum Gasteiger partial charge on any atom is -0.368 e. The van der Waals surface area contributed by atoms with Crippen molar-refractivity contribution in [2.45, 2.75) is 51.7 Å². The van der Waals surface area contributed by atoms with E-state index in [4.69, 9.17) is 9.26 Å². The zero-order valence-corrected chi connectivity index (χ0v) is 12.0. The molecule has 0 bridgehead atoms. The monoisotopic (exact) mass is 265 g/mol. The van der Waals surface area contributed by atoms with E-state index in [2.05, 4.69) is 15.5 Å². The molecule has 1 saturated heterocycles. The normalized spacial score (nSPS) is 30.8. The molecule has 0 aromatic carbocycles. The lowest BCUT2D eigenvalue weighted by atomic mass is 9.94. The van der Waals surface area contributed by atoms with Gasteiger partial charge in [-0.2, -0.15) is 4.98 Å². The highest BCUT2D eigenvalue weighted by Crippen LogP contribution is 2.44. The highest BCUT2D eigenvalue weighted by molar-refractivity contribution is 5.06. The molecule has 1 aromatic heterocycles. The Balaban J connectivity index is 1.78. The van der Waals surface area contributed by atoms with Crippen LogP contribution in [0, 0.1) is 11.8 Å². The average Bonchev–Trinajstić information content (AvgIpc) is 3.04. The zero-order chi connectivity index (χ0) is 13.5. The molecular weight excluding hydrogens is 242 g/mol. The number of hydrogen-bond acceptors (Lipinski definition) is 5. The number of hydrogen-bond donors (Lipinski definition) is 1. The molecule has 5 nitrogen and oxygen atoms in total. The molecule has 1 saturated carbocycles. The fourth-order valence-corrected chi connectivity index (χ4v) is 3.49. The van der Waals surface area contributed by atoms with Crippen LogP contribution in [0.5, 0.6) is 0 Å². The van der Waals surface area contributed by atoms with E-state index in [0.717, 1.165) is 18.4 Å². The second-order valence-electron chi connectivity index (χ2n) is 6.14. The van der Waals surface area contributed by atoms with Gasteiger partial charge in [0.2, 0.25) is 11.7 Å². The zero-order valence-electron chi connectivity index (χ0n) is 12.0. The molecule has 19 heavy (non-hydrogen) atoms. The van der Waals surface area contributed by atoms with Gasteiger partial charge in [-0.05, 0) is 52.0 Å². The van der Waals surface area contributed by atoms with Crippen LogP contribution >= 0.6 is 0 Å². The Bertz CT molecular complexity index is 444. The minimum atomic E-state index is -0.482. The van der Waals surface area contributed by atoms with Crippen LogP contribution in [0.15, 0.2) is 4.52 Å². The number of nitrogens with one attached hydrogen (secondary N) is 1. The van der Waals surface area contributed by atoms with Crippen molar-refractivity contribution >= 4 is 0 Å². The van der Waals surface area contributed by atoms with Gasteiger partial charge in [0.25, 0.3) is 0 Å². The second-order valence-corrected chi connectivity index (χ2v) is 6.14. The summed E-state index contributed by atoms with van der Waals surface area (Å²) in [6.07, 6.45) is 3.94. The van der Waals surface area contributed by atoms with Gasteiger partial charge < -0.3 is 14.6 Å². The fraction of sp³-hybridized carbons (Fsp3) is 0.857. The van der Waals surface area contributed by atoms with E-state index in [1.165, 1.54) is 19.3 Å². The first-order valence-corrected chi connectivity index (χ1v) is 7.33. The maximum atomic E-state index is 5.67. The third-order valence-electron chi connectivity index (χ3n) is 4.50. The maximum absolute atomic E-state index is 5.67. The fourth-order valence-electron chi connectivity index (χ4n) is 3.49. The molecule has 1 N–H and O–H groups in total. The van der Waals surface area contributed by atoms with Gasteiger partial charge in [0.1, 0.15) is 5.60 Å². The molecule has 0 spiro atoms. The SMILES string of the molecule is CCOC(C)(C)c1noc(C2NCC3CCCC32)n1. The van der Waals surface area contributed by atoms with Crippen LogP contribution in [0.2, 0.25) is 0 Å². The molecule has 0 amide bonds. The van der Waals surface area contributed by atoms with Gasteiger partial charge in [-0.1, -0.05) is 11.6 Å². The van der Waals surface area contributed by atoms with Crippen LogP contribution in [0.25, 0.3) is 0 Å². The molecule has 5 heteroatoms. The van der Waals surface area contributed by atoms with E-state index < -0.39 is 5.60 Å². The number of fused-ring (bicyclic) bond motifs is 1. The van der Waals surface area contributed by atoms with Gasteiger partial charge in [0.15, 0.2) is 0 Å². The first kappa shape index (κ1) is 13.1. The summed E-state index contributed by atoms with van der Waals surface area (Å²) < 4.78 is 11.2. The number of aromatic nitrogens is 2. The highest BCUT2D eigenvalue weighted by atomic mass is 16.5. The smallest absolute Gasteiger partial charge is 0.244 e. The van der Waals surface area contributed by atoms with Crippen LogP contribution in [-0.2, 0) is 10.3 Å². The largest absolute Gasteiger partial charge is 0.368 e. The van der Waals surface area contributed by atoms with Gasteiger partial charge in [-0.15, -0.1) is 0 Å². The van der Waals surface area contributed by atoms with Crippen LogP contribution in [0.3, 0.4) is 0 Å². The predicted molar refractivity (Wildman–Crippen MR) is 70.5 cm³/mol. The summed E-state index contributed by atoms with van der Waals surface area (Å²) in [7, 11) is 0. The van der Waals surface area contributed by atoms with Gasteiger partial charge in [-0.3, -0.25) is 0 Å². The van der Waals surface area contributed by atoms with Gasteiger partial charge in [-0.25, -0.2) is 0 Å². The summed E-state index contributed by atoms with van der Waals surface area (Å²) in [5.41, 5.74) is -0.482. The second kappa shape index (κ2) is 4.87. The van der Waals surface area contributed by atoms with E-state index in [0.29, 0.717) is 18.3 Å². The Morgan fingerprint density at radius 2 is 2.26 bits per heavy atom. The van der Waals surface area contributed by atoms with Crippen molar-refractivity contribution in [2.24, 2.45) is 11.8 Å². The molecule has 2 heterocycles. The summed E-state index contributed by atoms with van der Waals surface area (Å²) in [5.74, 6) is 2.84. The summed E-state index contributed by atoms with van der Waals surface area (Å²) in [5, 5.41) is 7.65. The Labute approximate surface area is 114 Å². The van der Waals surface area contributed by atoms with Gasteiger partial charge in [0, 0.05) is 6.61 Å². The quantitative estimate of drug-likeness (QED) is 0.905. The number of ether oxygens (including phenoxy) is 1. The summed E-state index contributed by atoms with van der Waals surface area (Å²) in [4.78, 5) is 4.58. The number of rotatable bonds is 4. The Morgan fingerprint density at radius 3 is 3.05 bits per heavy atom. The van der Waals surface area contributed by atoms with Crippen molar-refractivity contribution in [3.63, 3.8) is 0 Å². The third-order valence-corrected chi connectivity index (χ3v) is 4.50. The predicted octanol–water partition coefficient (Wildman–Crippen LogP) is 2.40. The summed E-state index contributed by atoms with van der Waals surface area (Å²) in [6.45, 7) is 7.66. The van der Waals surface area contributed by atoms with Crippen molar-refractivity contribution in [1.29, 1.82) is 0 Å². The summed E-state index contributed by atoms with van der Waals surface area (Å²) >= 11 is 0. The standard InChI is InChI=1S/C14H23N3O2/c1-4-18-14(2,3)13-16-12(19-17-13)11-10-7-5-6-9(10)8-15-11/h9-11,15H,4-8H2,1-3H3. The molecule has 3 unspecified atom stereocenters. The van der Waals surface area contributed by atoms with Gasteiger partial charge in [0.05, 0.1) is 6.04 Å². The Kier molecular flexibility index (Phi) is 3.35. The molecule has 3 rings (SSSR count). The van der Waals surface area contributed by atoms with Crippen molar-refractivity contribution in [1.82, 2.24) is 15.5 Å². The van der Waals surface area contributed by atoms with Crippen LogP contribution in [-0.4, -0.2) is 23.3 Å². The molecule has 1 aromatic rings. The molecule has 1 aliphatic heterocycles. The van der Waals surface area contributed by atoms with Crippen molar-refractivity contribution in [2.75, 3.05) is 13.2 Å². The van der Waals surface area contributed by atoms with E-state index in [-0.39, 0.29) is 6.04 Å². The van der Waals surface area contributed by atoms with Crippen LogP contribution in [0.4, 0.5) is 0 Å². The molecule has 0 radical (unpaired) electrons. The Hall–Kier alpha value is -0.940. The summed E-state index contributed by atoms with van der Waals surface area (Å²) in [6, 6.07) is 0.242. The average molecular weight is 265 g/mol. The van der Waals surface area contributed by atoms with E-state index in [9.17, 15) is 0 Å². The van der Waals surface area contributed by atoms with Crippen molar-refractivity contribution in [3.05, 3.63) is 11.7 Å². The van der Waals surface area contributed by atoms with Crippen molar-refractivity contribution < 1.29 is 9.26 Å². The lowest BCUT2D eigenvalue weighted by Crippen LogP contribution is -2.24. The van der Waals surface area contributed by atoms with E-state index >= 15 is 0 Å². The first-order chi connectivity index (χ1) is 9.12. The van der Waals surface area contributed by atoms with Crippen molar-refractivity contribution in [3.8, 4) is 0 Å². The molecule has 106 valence electrons. The first-order valence-electron chi connectivity index (χ1n) is 7.33. The molecule has 2 fully saturated rings. The molecule has 2 aliphatic rings. The molecular formula is C14H23N3O2.